The van der Waals surface area contributed by atoms with Crippen LogP contribution in [0.4, 0.5) is 0 Å². The summed E-state index contributed by atoms with van der Waals surface area (Å²) in [5.41, 5.74) is 3.58. The summed E-state index contributed by atoms with van der Waals surface area (Å²) in [4.78, 5) is 4.14. The van der Waals surface area contributed by atoms with Gasteiger partial charge in [0.1, 0.15) is 5.40 Å². The van der Waals surface area contributed by atoms with Gasteiger partial charge in [0.15, 0.2) is 0 Å². The molecule has 0 radical (unpaired) electrons. The number of hydrogen-bond donors (Lipinski definition) is 0. The summed E-state index contributed by atoms with van der Waals surface area (Å²) in [5.74, 6) is 0.499. The summed E-state index contributed by atoms with van der Waals surface area (Å²) in [5, 5.41) is 13.8. The van der Waals surface area contributed by atoms with E-state index in [1.807, 2.05) is 12.1 Å². The Labute approximate surface area is 109 Å². The fourth-order valence-electron chi connectivity index (χ4n) is 2.82. The number of fused-ring (bicyclic) bond motifs is 5. The van der Waals surface area contributed by atoms with E-state index in [4.69, 9.17) is 5.26 Å². The van der Waals surface area contributed by atoms with Crippen LogP contribution in [0.2, 0.25) is 0 Å². The zero-order valence-electron chi connectivity index (χ0n) is 8.83. The van der Waals surface area contributed by atoms with Crippen molar-refractivity contribution < 1.29 is 0 Å². The standard InChI is InChI=1S/C13H8N2S2/c14-6-17-13-10-5-11(15-7-16)12(13)9-4-2-1-3-8(9)10/h1-5,10,12-13H/t10-,12-,13-/m1/s1. The van der Waals surface area contributed by atoms with E-state index in [2.05, 4.69) is 46.0 Å². The van der Waals surface area contributed by atoms with E-state index in [0.29, 0.717) is 5.92 Å². The summed E-state index contributed by atoms with van der Waals surface area (Å²) >= 11 is 6.01. The van der Waals surface area contributed by atoms with Gasteiger partial charge in [0.25, 0.3) is 0 Å². The number of rotatable bonds is 2. The third-order valence-electron chi connectivity index (χ3n) is 3.41. The fraction of sp³-hybridized carbons (Fsp3) is 0.231. The molecule has 2 aliphatic rings. The van der Waals surface area contributed by atoms with Crippen molar-refractivity contribution in [2.75, 3.05) is 0 Å². The minimum absolute atomic E-state index is 0.205. The lowest BCUT2D eigenvalue weighted by Gasteiger charge is -2.13. The van der Waals surface area contributed by atoms with Crippen molar-refractivity contribution in [2.24, 2.45) is 4.99 Å². The second kappa shape index (κ2) is 4.12. The Bertz CT molecular complexity index is 594. The fourth-order valence-corrected chi connectivity index (χ4v) is 3.84. The van der Waals surface area contributed by atoms with Gasteiger partial charge in [-0.1, -0.05) is 30.3 Å². The summed E-state index contributed by atoms with van der Waals surface area (Å²) in [7, 11) is 0. The van der Waals surface area contributed by atoms with Gasteiger partial charge in [0.05, 0.1) is 10.9 Å². The Morgan fingerprint density at radius 2 is 2.06 bits per heavy atom. The van der Waals surface area contributed by atoms with Crippen LogP contribution in [0.25, 0.3) is 0 Å². The number of hydrogen-bond acceptors (Lipinski definition) is 4. The largest absolute Gasteiger partial charge is 0.199 e. The van der Waals surface area contributed by atoms with Crippen LogP contribution in [-0.4, -0.2) is 10.4 Å². The quantitative estimate of drug-likeness (QED) is 0.462. The SMILES string of the molecule is N#CS[C@@H]1[C@@H]2C=C(N=C=S)[C@H]1c1ccccc12. The number of allylic oxidation sites excluding steroid dienone is 2. The van der Waals surface area contributed by atoms with Crippen LogP contribution in [0.3, 0.4) is 0 Å². The normalized spacial score (nSPS) is 27.9. The van der Waals surface area contributed by atoms with Gasteiger partial charge in [-0.3, -0.25) is 0 Å². The van der Waals surface area contributed by atoms with Crippen LogP contribution >= 0.6 is 24.0 Å². The minimum Gasteiger partial charge on any atom is -0.199 e. The summed E-state index contributed by atoms with van der Waals surface area (Å²) in [6, 6.07) is 8.34. The van der Waals surface area contributed by atoms with Crippen LogP contribution in [0.5, 0.6) is 0 Å². The molecule has 0 unspecified atom stereocenters. The van der Waals surface area contributed by atoms with E-state index in [-0.39, 0.29) is 11.2 Å². The summed E-state index contributed by atoms with van der Waals surface area (Å²) in [6.45, 7) is 0. The first-order chi connectivity index (χ1) is 8.36. The molecule has 0 N–H and O–H groups in total. The van der Waals surface area contributed by atoms with Crippen LogP contribution in [0, 0.1) is 10.7 Å². The molecule has 0 heterocycles. The van der Waals surface area contributed by atoms with Gasteiger partial charge in [-0.05, 0) is 35.1 Å². The molecule has 0 amide bonds. The van der Waals surface area contributed by atoms with Crippen molar-refractivity contribution in [3.8, 4) is 5.40 Å². The molecule has 4 heteroatoms. The third kappa shape index (κ3) is 1.48. The molecule has 0 spiro atoms. The molecule has 0 fully saturated rings. The van der Waals surface area contributed by atoms with E-state index >= 15 is 0 Å². The lowest BCUT2D eigenvalue weighted by atomic mass is 9.95. The molecule has 1 aromatic carbocycles. The molecule has 82 valence electrons. The maximum Gasteiger partial charge on any atom is 0.133 e. The zero-order chi connectivity index (χ0) is 11.8. The van der Waals surface area contributed by atoms with E-state index in [0.717, 1.165) is 5.70 Å². The van der Waals surface area contributed by atoms with Gasteiger partial charge in [-0.25, -0.2) is 0 Å². The van der Waals surface area contributed by atoms with Gasteiger partial charge in [0, 0.05) is 17.1 Å². The van der Waals surface area contributed by atoms with Crippen molar-refractivity contribution in [3.63, 3.8) is 0 Å². The molecule has 0 aliphatic heterocycles. The summed E-state index contributed by atoms with van der Waals surface area (Å²) in [6.07, 6.45) is 2.13. The van der Waals surface area contributed by atoms with Crippen molar-refractivity contribution in [2.45, 2.75) is 17.1 Å². The predicted octanol–water partition coefficient (Wildman–Crippen LogP) is 3.45. The van der Waals surface area contributed by atoms with Crippen LogP contribution in [0.15, 0.2) is 41.0 Å². The number of isothiocyanates is 1. The number of nitriles is 1. The van der Waals surface area contributed by atoms with Gasteiger partial charge >= 0.3 is 0 Å². The Hall–Kier alpha value is -1.40. The van der Waals surface area contributed by atoms with Crippen molar-refractivity contribution >= 4 is 29.1 Å². The molecule has 0 saturated carbocycles. The Balaban J connectivity index is 2.10. The maximum atomic E-state index is 8.91. The number of thiocarbonyl (C=S) groups is 1. The van der Waals surface area contributed by atoms with Gasteiger partial charge < -0.3 is 0 Å². The molecule has 3 atom stereocenters. The first-order valence-electron chi connectivity index (χ1n) is 5.30. The highest BCUT2D eigenvalue weighted by molar-refractivity contribution is 8.04. The van der Waals surface area contributed by atoms with Crippen molar-refractivity contribution in [1.29, 1.82) is 5.26 Å². The zero-order valence-corrected chi connectivity index (χ0v) is 10.5. The second-order valence-electron chi connectivity index (χ2n) is 4.10. The molecular weight excluding hydrogens is 248 g/mol. The second-order valence-corrected chi connectivity index (χ2v) is 5.25. The monoisotopic (exact) mass is 256 g/mol. The van der Waals surface area contributed by atoms with Crippen molar-refractivity contribution in [1.82, 2.24) is 0 Å². The maximum absolute atomic E-state index is 8.91. The highest BCUT2D eigenvalue weighted by atomic mass is 32.2. The lowest BCUT2D eigenvalue weighted by molar-refractivity contribution is 0.805. The van der Waals surface area contributed by atoms with Crippen LogP contribution < -0.4 is 0 Å². The Morgan fingerprint density at radius 1 is 1.29 bits per heavy atom. The smallest absolute Gasteiger partial charge is 0.133 e. The van der Waals surface area contributed by atoms with Crippen LogP contribution in [-0.2, 0) is 0 Å². The molecule has 2 bridgehead atoms. The molecule has 2 nitrogen and oxygen atoms in total. The molecule has 2 aliphatic carbocycles. The van der Waals surface area contributed by atoms with E-state index in [1.165, 1.54) is 22.9 Å². The number of thioether (sulfide) groups is 1. The molecule has 0 saturated heterocycles. The van der Waals surface area contributed by atoms with Gasteiger partial charge in [0.2, 0.25) is 0 Å². The minimum atomic E-state index is 0.205. The van der Waals surface area contributed by atoms with Crippen molar-refractivity contribution in [3.05, 3.63) is 47.2 Å². The lowest BCUT2D eigenvalue weighted by Crippen LogP contribution is -2.07. The third-order valence-corrected chi connectivity index (χ3v) is 4.44. The number of nitrogens with zero attached hydrogens (tertiary/aromatic N) is 2. The van der Waals surface area contributed by atoms with E-state index in [9.17, 15) is 0 Å². The number of benzene rings is 1. The molecule has 3 rings (SSSR count). The average Bonchev–Trinajstić information content (AvgIpc) is 2.83. The molecular formula is C13H8N2S2. The number of thiocyanates is 1. The summed E-state index contributed by atoms with van der Waals surface area (Å²) < 4.78 is 0. The van der Waals surface area contributed by atoms with E-state index < -0.39 is 0 Å². The first kappa shape index (κ1) is 10.7. The molecule has 1 aromatic rings. The highest BCUT2D eigenvalue weighted by Crippen LogP contribution is 2.56. The topological polar surface area (TPSA) is 36.1 Å². The van der Waals surface area contributed by atoms with Gasteiger partial charge in [-0.15, -0.1) is 0 Å². The number of aliphatic imine (C=N–C) groups is 1. The highest BCUT2D eigenvalue weighted by Gasteiger charge is 2.47. The Morgan fingerprint density at radius 3 is 2.76 bits per heavy atom. The van der Waals surface area contributed by atoms with Crippen LogP contribution in [0.1, 0.15) is 23.0 Å². The average molecular weight is 256 g/mol. The Kier molecular flexibility index (Phi) is 2.60. The molecule has 0 aromatic heterocycles. The first-order valence-corrected chi connectivity index (χ1v) is 6.58. The van der Waals surface area contributed by atoms with E-state index in [1.54, 1.807) is 0 Å². The predicted molar refractivity (Wildman–Crippen MR) is 72.0 cm³/mol. The molecule has 17 heavy (non-hydrogen) atoms. The van der Waals surface area contributed by atoms with Gasteiger partial charge in [-0.2, -0.15) is 10.3 Å².